The quantitative estimate of drug-likeness (QED) is 0.838. The highest BCUT2D eigenvalue weighted by atomic mass is 35.5. The van der Waals surface area contributed by atoms with Crippen LogP contribution in [0.2, 0.25) is 0 Å². The number of methoxy groups -OCH3 is 1. The van der Waals surface area contributed by atoms with Gasteiger partial charge in [-0.25, -0.2) is 8.78 Å². The van der Waals surface area contributed by atoms with Gasteiger partial charge in [0.15, 0.2) is 0 Å². The molecule has 0 unspecified atom stereocenters. The van der Waals surface area contributed by atoms with E-state index in [-0.39, 0.29) is 23.7 Å². The maximum absolute atomic E-state index is 13.2. The molecule has 0 amide bonds. The normalized spacial score (nSPS) is 11.8. The molecular formula is C9H12ClF2NO2. The smallest absolute Gasteiger partial charge is 0.134 e. The molecule has 0 aliphatic carbocycles. The summed E-state index contributed by atoms with van der Waals surface area (Å²) in [7, 11) is 1.31. The Kier molecular flexibility index (Phi) is 5.49. The minimum atomic E-state index is -1.05. The summed E-state index contributed by atoms with van der Waals surface area (Å²) in [6.07, 6.45) is 0. The molecule has 0 radical (unpaired) electrons. The van der Waals surface area contributed by atoms with Crippen LogP contribution in [0.1, 0.15) is 11.6 Å². The third-order valence-corrected chi connectivity index (χ3v) is 1.86. The number of aliphatic hydroxyl groups excluding tert-OH is 1. The minimum absolute atomic E-state index is 0. The van der Waals surface area contributed by atoms with Crippen LogP contribution in [0.4, 0.5) is 8.78 Å². The fourth-order valence-corrected chi connectivity index (χ4v) is 1.12. The van der Waals surface area contributed by atoms with Gasteiger partial charge in [-0.2, -0.15) is 0 Å². The molecule has 3 nitrogen and oxygen atoms in total. The Morgan fingerprint density at radius 3 is 2.20 bits per heavy atom. The molecule has 0 heterocycles. The molecule has 1 atom stereocenters. The van der Waals surface area contributed by atoms with Crippen LogP contribution in [0, 0.1) is 11.6 Å². The van der Waals surface area contributed by atoms with Gasteiger partial charge in [0.25, 0.3) is 0 Å². The molecule has 1 aromatic rings. The lowest BCUT2D eigenvalue weighted by Crippen LogP contribution is -2.18. The van der Waals surface area contributed by atoms with E-state index in [1.54, 1.807) is 0 Å². The number of hydrogen-bond donors (Lipinski definition) is 2. The standard InChI is InChI=1S/C9H11F2NO2.ClH/c1-14-5-2-6(10)9(7(11)3-5)8(12)4-13;/h2-3,8,13H,4,12H2,1H3;1H/t8-;/m1./s1. The Morgan fingerprint density at radius 2 is 1.87 bits per heavy atom. The monoisotopic (exact) mass is 239 g/mol. The second-order valence-corrected chi connectivity index (χ2v) is 2.79. The first-order chi connectivity index (χ1) is 6.60. The third-order valence-electron chi connectivity index (χ3n) is 1.86. The Hall–Kier alpha value is -0.910. The van der Waals surface area contributed by atoms with Crippen molar-refractivity contribution in [3.05, 3.63) is 29.3 Å². The molecule has 0 bridgehead atoms. The van der Waals surface area contributed by atoms with Gasteiger partial charge in [0.1, 0.15) is 17.4 Å². The molecular weight excluding hydrogens is 228 g/mol. The van der Waals surface area contributed by atoms with Gasteiger partial charge in [-0.3, -0.25) is 0 Å². The van der Waals surface area contributed by atoms with Crippen LogP contribution < -0.4 is 10.5 Å². The summed E-state index contributed by atoms with van der Waals surface area (Å²) < 4.78 is 31.1. The lowest BCUT2D eigenvalue weighted by molar-refractivity contribution is 0.262. The number of halogens is 3. The van der Waals surface area contributed by atoms with Crippen molar-refractivity contribution in [2.45, 2.75) is 6.04 Å². The van der Waals surface area contributed by atoms with Crippen molar-refractivity contribution in [1.82, 2.24) is 0 Å². The molecule has 3 N–H and O–H groups in total. The van der Waals surface area contributed by atoms with E-state index in [1.807, 2.05) is 0 Å². The van der Waals surface area contributed by atoms with E-state index in [1.165, 1.54) is 7.11 Å². The zero-order chi connectivity index (χ0) is 10.7. The second kappa shape index (κ2) is 5.85. The Morgan fingerprint density at radius 1 is 1.40 bits per heavy atom. The van der Waals surface area contributed by atoms with Crippen molar-refractivity contribution in [2.75, 3.05) is 13.7 Å². The van der Waals surface area contributed by atoms with Crippen LogP contribution in [0.5, 0.6) is 5.75 Å². The van der Waals surface area contributed by atoms with Crippen molar-refractivity contribution in [2.24, 2.45) is 5.73 Å². The Labute approximate surface area is 92.3 Å². The largest absolute Gasteiger partial charge is 0.497 e. The van der Waals surface area contributed by atoms with Gasteiger partial charge in [0.05, 0.1) is 19.8 Å². The topological polar surface area (TPSA) is 55.5 Å². The van der Waals surface area contributed by atoms with Crippen molar-refractivity contribution < 1.29 is 18.6 Å². The van der Waals surface area contributed by atoms with Crippen LogP contribution in [-0.4, -0.2) is 18.8 Å². The van der Waals surface area contributed by atoms with Crippen LogP contribution in [0.3, 0.4) is 0 Å². The minimum Gasteiger partial charge on any atom is -0.497 e. The molecule has 0 aliphatic heterocycles. The zero-order valence-corrected chi connectivity index (χ0v) is 8.85. The first-order valence-corrected chi connectivity index (χ1v) is 3.99. The van der Waals surface area contributed by atoms with Gasteiger partial charge in [-0.15, -0.1) is 12.4 Å². The zero-order valence-electron chi connectivity index (χ0n) is 8.04. The van der Waals surface area contributed by atoms with Crippen LogP contribution in [0.25, 0.3) is 0 Å². The average Bonchev–Trinajstić information content (AvgIpc) is 2.16. The third kappa shape index (κ3) is 3.02. The molecule has 15 heavy (non-hydrogen) atoms. The van der Waals surface area contributed by atoms with E-state index in [9.17, 15) is 8.78 Å². The van der Waals surface area contributed by atoms with E-state index < -0.39 is 24.3 Å². The molecule has 1 rings (SSSR count). The molecule has 6 heteroatoms. The summed E-state index contributed by atoms with van der Waals surface area (Å²) in [5.74, 6) is -1.55. The Balaban J connectivity index is 0.00000196. The molecule has 0 spiro atoms. The van der Waals surface area contributed by atoms with Gasteiger partial charge < -0.3 is 15.6 Å². The van der Waals surface area contributed by atoms with Gasteiger partial charge in [0, 0.05) is 17.7 Å². The van der Waals surface area contributed by atoms with Crippen molar-refractivity contribution in [3.8, 4) is 5.75 Å². The first kappa shape index (κ1) is 14.1. The van der Waals surface area contributed by atoms with E-state index in [4.69, 9.17) is 10.8 Å². The fourth-order valence-electron chi connectivity index (χ4n) is 1.12. The molecule has 86 valence electrons. The second-order valence-electron chi connectivity index (χ2n) is 2.79. The number of rotatable bonds is 3. The summed E-state index contributed by atoms with van der Waals surface area (Å²) in [6, 6.07) is 0.989. The van der Waals surface area contributed by atoms with Crippen LogP contribution in [-0.2, 0) is 0 Å². The first-order valence-electron chi connectivity index (χ1n) is 3.99. The lowest BCUT2D eigenvalue weighted by atomic mass is 10.1. The predicted molar refractivity (Wildman–Crippen MR) is 54.2 cm³/mol. The highest BCUT2D eigenvalue weighted by molar-refractivity contribution is 5.85. The van der Waals surface area contributed by atoms with E-state index in [0.29, 0.717) is 0 Å². The average molecular weight is 240 g/mol. The Bertz CT molecular complexity index is 313. The molecule has 0 aliphatic rings. The predicted octanol–water partition coefficient (Wildman–Crippen LogP) is 1.39. The molecule has 0 saturated carbocycles. The van der Waals surface area contributed by atoms with Gasteiger partial charge in [0.2, 0.25) is 0 Å². The SMILES string of the molecule is COc1cc(F)c([C@H](N)CO)c(F)c1.Cl. The number of hydrogen-bond acceptors (Lipinski definition) is 3. The molecule has 1 aromatic carbocycles. The summed E-state index contributed by atoms with van der Waals surface area (Å²) in [5, 5.41) is 8.67. The highest BCUT2D eigenvalue weighted by Crippen LogP contribution is 2.24. The van der Waals surface area contributed by atoms with Crippen molar-refractivity contribution in [1.29, 1.82) is 0 Å². The highest BCUT2D eigenvalue weighted by Gasteiger charge is 2.17. The number of benzene rings is 1. The number of aliphatic hydroxyl groups is 1. The fraction of sp³-hybridized carbons (Fsp3) is 0.333. The van der Waals surface area contributed by atoms with Crippen LogP contribution in [0.15, 0.2) is 12.1 Å². The summed E-state index contributed by atoms with van der Waals surface area (Å²) in [4.78, 5) is 0. The maximum atomic E-state index is 13.2. The van der Waals surface area contributed by atoms with Crippen molar-refractivity contribution >= 4 is 12.4 Å². The molecule has 0 saturated heterocycles. The van der Waals surface area contributed by atoms with Gasteiger partial charge >= 0.3 is 0 Å². The number of ether oxygens (including phenoxy) is 1. The van der Waals surface area contributed by atoms with Crippen LogP contribution >= 0.6 is 12.4 Å². The maximum Gasteiger partial charge on any atom is 0.134 e. The summed E-state index contributed by atoms with van der Waals surface area (Å²) in [5.41, 5.74) is 4.99. The molecule has 0 aromatic heterocycles. The van der Waals surface area contributed by atoms with Crippen molar-refractivity contribution in [3.63, 3.8) is 0 Å². The number of nitrogens with two attached hydrogens (primary N) is 1. The lowest BCUT2D eigenvalue weighted by Gasteiger charge is -2.12. The van der Waals surface area contributed by atoms with Gasteiger partial charge in [-0.05, 0) is 0 Å². The van der Waals surface area contributed by atoms with E-state index >= 15 is 0 Å². The molecule has 0 fully saturated rings. The summed E-state index contributed by atoms with van der Waals surface area (Å²) >= 11 is 0. The van der Waals surface area contributed by atoms with E-state index in [2.05, 4.69) is 4.74 Å². The van der Waals surface area contributed by atoms with E-state index in [0.717, 1.165) is 12.1 Å². The summed E-state index contributed by atoms with van der Waals surface area (Å²) in [6.45, 7) is -0.514. The van der Waals surface area contributed by atoms with Gasteiger partial charge in [-0.1, -0.05) is 0 Å².